The second kappa shape index (κ2) is 8.57. The van der Waals surface area contributed by atoms with E-state index in [1.807, 2.05) is 0 Å². The van der Waals surface area contributed by atoms with E-state index in [0.717, 1.165) is 19.3 Å². The molecule has 0 rings (SSSR count). The van der Waals surface area contributed by atoms with Crippen molar-refractivity contribution in [3.63, 3.8) is 0 Å². The molecule has 2 N–H and O–H groups in total. The van der Waals surface area contributed by atoms with Gasteiger partial charge in [-0.15, -0.1) is 0 Å². The summed E-state index contributed by atoms with van der Waals surface area (Å²) in [6, 6.07) is 0.727. The van der Waals surface area contributed by atoms with Gasteiger partial charge in [0.2, 0.25) is 5.91 Å². The van der Waals surface area contributed by atoms with Crippen LogP contribution in [-0.4, -0.2) is 24.5 Å². The number of hydrogen-bond acceptors (Lipinski definition) is 2. The van der Waals surface area contributed by atoms with Crippen LogP contribution in [0, 0.1) is 5.92 Å². The van der Waals surface area contributed by atoms with Gasteiger partial charge >= 0.3 is 0 Å². The molecule has 0 aliphatic heterocycles. The van der Waals surface area contributed by atoms with Gasteiger partial charge in [-0.1, -0.05) is 34.1 Å². The average molecular weight is 228 g/mol. The van der Waals surface area contributed by atoms with E-state index in [0.29, 0.717) is 24.5 Å². The summed E-state index contributed by atoms with van der Waals surface area (Å²) < 4.78 is 0. The van der Waals surface area contributed by atoms with Crippen molar-refractivity contribution >= 4 is 5.91 Å². The minimum Gasteiger partial charge on any atom is -0.353 e. The predicted octanol–water partition coefficient (Wildman–Crippen LogP) is 2.32. The number of carbonyl (C=O) groups excluding carboxylic acids is 1. The molecule has 0 fully saturated rings. The highest BCUT2D eigenvalue weighted by Gasteiger charge is 2.12. The molecule has 2 unspecified atom stereocenters. The zero-order valence-electron chi connectivity index (χ0n) is 11.5. The van der Waals surface area contributed by atoms with E-state index in [4.69, 9.17) is 0 Å². The van der Waals surface area contributed by atoms with Gasteiger partial charge in [-0.25, -0.2) is 0 Å². The highest BCUT2D eigenvalue weighted by atomic mass is 16.1. The number of nitrogens with one attached hydrogen (secondary N) is 2. The summed E-state index contributed by atoms with van der Waals surface area (Å²) in [4.78, 5) is 11.6. The van der Waals surface area contributed by atoms with Gasteiger partial charge in [0.15, 0.2) is 0 Å². The van der Waals surface area contributed by atoms with Crippen LogP contribution < -0.4 is 10.6 Å². The second-order valence-electron chi connectivity index (χ2n) is 4.90. The van der Waals surface area contributed by atoms with E-state index >= 15 is 0 Å². The average Bonchev–Trinajstić information content (AvgIpc) is 2.18. The van der Waals surface area contributed by atoms with Crippen LogP contribution in [0.1, 0.15) is 53.9 Å². The third kappa shape index (κ3) is 6.83. The van der Waals surface area contributed by atoms with Crippen molar-refractivity contribution < 1.29 is 4.79 Å². The van der Waals surface area contributed by atoms with Crippen molar-refractivity contribution in [1.29, 1.82) is 0 Å². The largest absolute Gasteiger partial charge is 0.353 e. The lowest BCUT2D eigenvalue weighted by molar-refractivity contribution is -0.121. The molecule has 3 heteroatoms. The third-order valence-corrected chi connectivity index (χ3v) is 2.90. The third-order valence-electron chi connectivity index (χ3n) is 2.90. The standard InChI is InChI=1S/C13H28N2O/c1-6-8-11(5)15-13(16)9-14-12(7-2)10(3)4/h10-12,14H,6-9H2,1-5H3,(H,15,16). The van der Waals surface area contributed by atoms with Crippen LogP contribution in [0.3, 0.4) is 0 Å². The quantitative estimate of drug-likeness (QED) is 0.669. The summed E-state index contributed by atoms with van der Waals surface area (Å²) in [6.07, 6.45) is 3.22. The molecule has 0 spiro atoms. The monoisotopic (exact) mass is 228 g/mol. The van der Waals surface area contributed by atoms with E-state index in [1.54, 1.807) is 0 Å². The van der Waals surface area contributed by atoms with Gasteiger partial charge in [0, 0.05) is 12.1 Å². The maximum atomic E-state index is 11.6. The molecule has 1 amide bonds. The summed E-state index contributed by atoms with van der Waals surface area (Å²) in [5, 5.41) is 6.30. The van der Waals surface area contributed by atoms with Crippen LogP contribution in [0.25, 0.3) is 0 Å². The van der Waals surface area contributed by atoms with E-state index in [1.165, 1.54) is 0 Å². The van der Waals surface area contributed by atoms with E-state index in [2.05, 4.69) is 45.3 Å². The second-order valence-corrected chi connectivity index (χ2v) is 4.90. The Hall–Kier alpha value is -0.570. The smallest absolute Gasteiger partial charge is 0.234 e. The molecule has 0 aliphatic carbocycles. The van der Waals surface area contributed by atoms with Gasteiger partial charge in [0.25, 0.3) is 0 Å². The van der Waals surface area contributed by atoms with Crippen LogP contribution >= 0.6 is 0 Å². The molecular formula is C13H28N2O. The van der Waals surface area contributed by atoms with Crippen molar-refractivity contribution in [3.05, 3.63) is 0 Å². The SMILES string of the molecule is CCCC(C)NC(=O)CNC(CC)C(C)C. The van der Waals surface area contributed by atoms with Crippen molar-refractivity contribution in [3.8, 4) is 0 Å². The molecule has 0 bridgehead atoms. The molecule has 16 heavy (non-hydrogen) atoms. The Kier molecular flexibility index (Phi) is 8.26. The topological polar surface area (TPSA) is 41.1 Å². The molecule has 0 heterocycles. The summed E-state index contributed by atoms with van der Waals surface area (Å²) in [5.41, 5.74) is 0. The fraction of sp³-hybridized carbons (Fsp3) is 0.923. The van der Waals surface area contributed by atoms with Crippen molar-refractivity contribution in [1.82, 2.24) is 10.6 Å². The Labute approximate surface area is 100 Å². The Bertz CT molecular complexity index is 192. The van der Waals surface area contributed by atoms with Gasteiger partial charge in [-0.3, -0.25) is 4.79 Å². The zero-order chi connectivity index (χ0) is 12.6. The summed E-state index contributed by atoms with van der Waals surface area (Å²) >= 11 is 0. The van der Waals surface area contributed by atoms with Crippen LogP contribution in [0.5, 0.6) is 0 Å². The van der Waals surface area contributed by atoms with Crippen LogP contribution in [-0.2, 0) is 4.79 Å². The first-order valence-electron chi connectivity index (χ1n) is 6.53. The van der Waals surface area contributed by atoms with Gasteiger partial charge < -0.3 is 10.6 Å². The van der Waals surface area contributed by atoms with Gasteiger partial charge in [0.1, 0.15) is 0 Å². The fourth-order valence-electron chi connectivity index (χ4n) is 1.91. The van der Waals surface area contributed by atoms with Gasteiger partial charge in [0.05, 0.1) is 6.54 Å². The minimum atomic E-state index is 0.111. The van der Waals surface area contributed by atoms with E-state index in [9.17, 15) is 4.79 Å². The molecule has 0 aromatic carbocycles. The number of carbonyl (C=O) groups is 1. The van der Waals surface area contributed by atoms with Gasteiger partial charge in [-0.2, -0.15) is 0 Å². The molecule has 0 saturated carbocycles. The Morgan fingerprint density at radius 1 is 1.19 bits per heavy atom. The molecule has 3 nitrogen and oxygen atoms in total. The lowest BCUT2D eigenvalue weighted by Gasteiger charge is -2.21. The Balaban J connectivity index is 3.79. The Morgan fingerprint density at radius 2 is 1.81 bits per heavy atom. The van der Waals surface area contributed by atoms with E-state index in [-0.39, 0.29) is 5.91 Å². The Morgan fingerprint density at radius 3 is 2.25 bits per heavy atom. The molecule has 0 aromatic heterocycles. The molecule has 0 aliphatic rings. The maximum absolute atomic E-state index is 11.6. The number of amides is 1. The van der Waals surface area contributed by atoms with Crippen molar-refractivity contribution in [2.75, 3.05) is 6.54 Å². The number of rotatable bonds is 8. The maximum Gasteiger partial charge on any atom is 0.234 e. The van der Waals surface area contributed by atoms with Crippen LogP contribution in [0.2, 0.25) is 0 Å². The molecule has 0 aromatic rings. The summed E-state index contributed by atoms with van der Waals surface area (Å²) in [7, 11) is 0. The zero-order valence-corrected chi connectivity index (χ0v) is 11.5. The van der Waals surface area contributed by atoms with Crippen LogP contribution in [0.15, 0.2) is 0 Å². The molecule has 0 radical (unpaired) electrons. The lowest BCUT2D eigenvalue weighted by Crippen LogP contribution is -2.43. The highest BCUT2D eigenvalue weighted by Crippen LogP contribution is 2.04. The summed E-state index contributed by atoms with van der Waals surface area (Å²) in [5.74, 6) is 0.686. The first-order chi connectivity index (χ1) is 7.51. The molecule has 0 saturated heterocycles. The highest BCUT2D eigenvalue weighted by molar-refractivity contribution is 5.78. The normalized spacial score (nSPS) is 14.9. The van der Waals surface area contributed by atoms with Crippen molar-refractivity contribution in [2.45, 2.75) is 66.0 Å². The molecular weight excluding hydrogens is 200 g/mol. The first kappa shape index (κ1) is 15.4. The fourth-order valence-corrected chi connectivity index (χ4v) is 1.91. The van der Waals surface area contributed by atoms with Crippen LogP contribution in [0.4, 0.5) is 0 Å². The lowest BCUT2D eigenvalue weighted by atomic mass is 10.0. The number of hydrogen-bond donors (Lipinski definition) is 2. The van der Waals surface area contributed by atoms with Gasteiger partial charge in [-0.05, 0) is 25.7 Å². The van der Waals surface area contributed by atoms with E-state index < -0.39 is 0 Å². The van der Waals surface area contributed by atoms with Crippen molar-refractivity contribution in [2.24, 2.45) is 5.92 Å². The molecule has 96 valence electrons. The minimum absolute atomic E-state index is 0.111. The summed E-state index contributed by atoms with van der Waals surface area (Å²) in [6.45, 7) is 11.1. The predicted molar refractivity (Wildman–Crippen MR) is 69.4 cm³/mol. The first-order valence-corrected chi connectivity index (χ1v) is 6.53. The molecule has 2 atom stereocenters.